The van der Waals surface area contributed by atoms with Gasteiger partial charge in [-0.05, 0) is 32.4 Å². The lowest BCUT2D eigenvalue weighted by molar-refractivity contribution is 0.202. The third kappa shape index (κ3) is 1.31. The maximum absolute atomic E-state index is 13.9. The Hall–Kier alpha value is -2.21. The third-order valence-electron chi connectivity index (χ3n) is 5.22. The standard InChI is InChI=1S/C16H13FN4O/c1-16-3-2-4-21(16)7-11-13-12-9(15(22)20-19-11)5-8(17)6-10(12)18-14(13)16/h5-6H,2-4,7H2,1H3. The molecule has 0 spiro atoms. The van der Waals surface area contributed by atoms with Gasteiger partial charge in [0.05, 0.1) is 28.0 Å². The van der Waals surface area contributed by atoms with E-state index in [0.29, 0.717) is 17.6 Å². The average Bonchev–Trinajstić information content (AvgIpc) is 3.00. The third-order valence-corrected chi connectivity index (χ3v) is 5.22. The molecule has 1 saturated heterocycles. The molecular formula is C16H13FN4O. The Morgan fingerprint density at radius 2 is 2.18 bits per heavy atom. The molecular weight excluding hydrogens is 283 g/mol. The predicted octanol–water partition coefficient (Wildman–Crippen LogP) is 1.93. The zero-order chi connectivity index (χ0) is 15.1. The van der Waals surface area contributed by atoms with Crippen molar-refractivity contribution in [3.8, 4) is 0 Å². The fourth-order valence-corrected chi connectivity index (χ4v) is 4.12. The van der Waals surface area contributed by atoms with E-state index in [0.717, 1.165) is 36.4 Å². The van der Waals surface area contributed by atoms with Crippen molar-refractivity contribution in [3.63, 3.8) is 0 Å². The normalized spacial score (nSPS) is 25.5. The van der Waals surface area contributed by atoms with Crippen molar-refractivity contribution in [2.75, 3.05) is 6.54 Å². The number of aliphatic imine (C=N–C) groups is 1. The van der Waals surface area contributed by atoms with Gasteiger partial charge < -0.3 is 0 Å². The summed E-state index contributed by atoms with van der Waals surface area (Å²) >= 11 is 0. The Balaban J connectivity index is 1.99. The van der Waals surface area contributed by atoms with Gasteiger partial charge in [0.25, 0.3) is 5.56 Å². The maximum atomic E-state index is 13.9. The largest absolute Gasteiger partial charge is 0.296 e. The lowest BCUT2D eigenvalue weighted by Crippen LogP contribution is -2.51. The van der Waals surface area contributed by atoms with Crippen LogP contribution in [0.15, 0.2) is 21.9 Å². The molecule has 5 nitrogen and oxygen atoms in total. The molecule has 1 aromatic heterocycles. The van der Waals surface area contributed by atoms with Crippen LogP contribution in [0.5, 0.6) is 0 Å². The number of aromatic nitrogens is 2. The average molecular weight is 296 g/mol. The Kier molecular flexibility index (Phi) is 2.11. The van der Waals surface area contributed by atoms with E-state index in [1.165, 1.54) is 12.1 Å². The molecule has 6 heteroatoms. The Morgan fingerprint density at radius 1 is 1.32 bits per heavy atom. The first-order chi connectivity index (χ1) is 10.6. The summed E-state index contributed by atoms with van der Waals surface area (Å²) in [5, 5.41) is 8.92. The van der Waals surface area contributed by atoms with E-state index >= 15 is 0 Å². The number of hydrogen-bond acceptors (Lipinski definition) is 5. The lowest BCUT2D eigenvalue weighted by atomic mass is 9.83. The lowest BCUT2D eigenvalue weighted by Gasteiger charge is -2.39. The highest BCUT2D eigenvalue weighted by Crippen LogP contribution is 2.46. The molecule has 0 saturated carbocycles. The van der Waals surface area contributed by atoms with Gasteiger partial charge in [0, 0.05) is 23.6 Å². The van der Waals surface area contributed by atoms with Gasteiger partial charge in [-0.25, -0.2) is 9.38 Å². The van der Waals surface area contributed by atoms with Gasteiger partial charge in [0.1, 0.15) is 5.82 Å². The van der Waals surface area contributed by atoms with Crippen LogP contribution < -0.4 is 5.56 Å². The van der Waals surface area contributed by atoms with Gasteiger partial charge in [-0.2, -0.15) is 0 Å². The van der Waals surface area contributed by atoms with Crippen molar-refractivity contribution in [2.24, 2.45) is 4.99 Å². The second kappa shape index (κ2) is 3.76. The van der Waals surface area contributed by atoms with Crippen molar-refractivity contribution in [3.05, 3.63) is 39.6 Å². The van der Waals surface area contributed by atoms with Gasteiger partial charge in [-0.15, -0.1) is 10.2 Å². The molecule has 3 aliphatic rings. The summed E-state index contributed by atoms with van der Waals surface area (Å²) in [6, 6.07) is 2.65. The number of rotatable bonds is 0. The predicted molar refractivity (Wildman–Crippen MR) is 80.0 cm³/mol. The van der Waals surface area contributed by atoms with E-state index in [-0.39, 0.29) is 10.9 Å². The fraction of sp³-hybridized carbons (Fsp3) is 0.375. The van der Waals surface area contributed by atoms with E-state index in [1.807, 2.05) is 0 Å². The van der Waals surface area contributed by atoms with Crippen LogP contribution in [-0.2, 0) is 6.54 Å². The summed E-state index contributed by atoms with van der Waals surface area (Å²) in [4.78, 5) is 19.2. The molecule has 1 atom stereocenters. The first-order valence-corrected chi connectivity index (χ1v) is 7.46. The zero-order valence-corrected chi connectivity index (χ0v) is 12.1. The fourth-order valence-electron chi connectivity index (χ4n) is 4.12. The first-order valence-electron chi connectivity index (χ1n) is 7.46. The maximum Gasteiger partial charge on any atom is 0.296 e. The molecule has 110 valence electrons. The molecule has 0 bridgehead atoms. The molecule has 0 amide bonds. The number of nitrogens with zero attached hydrogens (tertiary/aromatic N) is 4. The summed E-state index contributed by atoms with van der Waals surface area (Å²) in [6.45, 7) is 3.82. The van der Waals surface area contributed by atoms with Crippen LogP contribution in [0.3, 0.4) is 0 Å². The minimum atomic E-state index is -0.494. The van der Waals surface area contributed by atoms with Gasteiger partial charge in [-0.1, -0.05) is 0 Å². The highest BCUT2D eigenvalue weighted by Gasteiger charge is 2.48. The Bertz CT molecular complexity index is 955. The van der Waals surface area contributed by atoms with Crippen LogP contribution in [0.2, 0.25) is 0 Å². The van der Waals surface area contributed by atoms with Crippen LogP contribution in [0.4, 0.5) is 10.1 Å². The van der Waals surface area contributed by atoms with Gasteiger partial charge >= 0.3 is 0 Å². The molecule has 5 rings (SSSR count). The molecule has 0 aliphatic carbocycles. The molecule has 1 unspecified atom stereocenters. The summed E-state index contributed by atoms with van der Waals surface area (Å²) in [6.07, 6.45) is 2.11. The van der Waals surface area contributed by atoms with Gasteiger partial charge in [-0.3, -0.25) is 9.69 Å². The highest BCUT2D eigenvalue weighted by molar-refractivity contribution is 6.23. The van der Waals surface area contributed by atoms with Crippen LogP contribution in [0.25, 0.3) is 10.8 Å². The second-order valence-corrected chi connectivity index (χ2v) is 6.43. The minimum Gasteiger partial charge on any atom is -0.286 e. The second-order valence-electron chi connectivity index (χ2n) is 6.43. The van der Waals surface area contributed by atoms with E-state index in [2.05, 4.69) is 22.0 Å². The van der Waals surface area contributed by atoms with Gasteiger partial charge in [0.2, 0.25) is 0 Å². The topological polar surface area (TPSA) is 58.5 Å². The van der Waals surface area contributed by atoms with Crippen molar-refractivity contribution in [1.82, 2.24) is 15.1 Å². The van der Waals surface area contributed by atoms with Gasteiger partial charge in [0.15, 0.2) is 0 Å². The SMILES string of the molecule is CC12CCCN1Cc1nnc(=O)c3cc(F)cc4c3c1C2=N4. The molecule has 3 aliphatic heterocycles. The number of halogens is 1. The highest BCUT2D eigenvalue weighted by atomic mass is 19.1. The molecule has 4 heterocycles. The van der Waals surface area contributed by atoms with Crippen molar-refractivity contribution in [1.29, 1.82) is 0 Å². The summed E-state index contributed by atoms with van der Waals surface area (Å²) < 4.78 is 13.9. The number of benzene rings is 1. The number of fused-ring (bicyclic) bond motifs is 2. The van der Waals surface area contributed by atoms with Crippen LogP contribution in [0, 0.1) is 5.82 Å². The summed E-state index contributed by atoms with van der Waals surface area (Å²) in [5.74, 6) is -0.460. The molecule has 0 radical (unpaired) electrons. The van der Waals surface area contributed by atoms with Crippen molar-refractivity contribution >= 4 is 22.2 Å². The first kappa shape index (κ1) is 12.3. The number of hydrogen-bond donors (Lipinski definition) is 0. The quantitative estimate of drug-likeness (QED) is 0.745. The molecule has 1 fully saturated rings. The van der Waals surface area contributed by atoms with Crippen LogP contribution in [-0.4, -0.2) is 32.9 Å². The van der Waals surface area contributed by atoms with E-state index in [1.54, 1.807) is 0 Å². The van der Waals surface area contributed by atoms with E-state index in [4.69, 9.17) is 4.99 Å². The minimum absolute atomic E-state index is 0.158. The monoisotopic (exact) mass is 296 g/mol. The summed E-state index contributed by atoms with van der Waals surface area (Å²) in [5.41, 5.74) is 2.48. The Labute approximate surface area is 125 Å². The van der Waals surface area contributed by atoms with E-state index < -0.39 is 11.4 Å². The van der Waals surface area contributed by atoms with Crippen molar-refractivity contribution < 1.29 is 4.39 Å². The molecule has 22 heavy (non-hydrogen) atoms. The van der Waals surface area contributed by atoms with Crippen LogP contribution >= 0.6 is 0 Å². The smallest absolute Gasteiger partial charge is 0.286 e. The molecule has 2 aromatic rings. The zero-order valence-electron chi connectivity index (χ0n) is 12.1. The summed E-state index contributed by atoms with van der Waals surface area (Å²) in [7, 11) is 0. The van der Waals surface area contributed by atoms with E-state index in [9.17, 15) is 9.18 Å². The Morgan fingerprint density at radius 3 is 3.05 bits per heavy atom. The van der Waals surface area contributed by atoms with Crippen molar-refractivity contribution in [2.45, 2.75) is 31.8 Å². The van der Waals surface area contributed by atoms with Crippen LogP contribution in [0.1, 0.15) is 31.0 Å². The molecule has 1 aromatic carbocycles. The molecule has 0 N–H and O–H groups in total.